The van der Waals surface area contributed by atoms with Gasteiger partial charge in [0.25, 0.3) is 0 Å². The number of benzene rings is 1. The lowest BCUT2D eigenvalue weighted by Crippen LogP contribution is -2.29. The fraction of sp³-hybridized carbons (Fsp3) is 0.417. The minimum Gasteiger partial charge on any atom is -0.481 e. The van der Waals surface area contributed by atoms with Gasteiger partial charge in [-0.1, -0.05) is 11.6 Å². The quantitative estimate of drug-likeness (QED) is 0.883. The molecule has 0 saturated heterocycles. The maximum absolute atomic E-state index is 10.9. The Hall–Kier alpha value is -0.740. The van der Waals surface area contributed by atoms with Gasteiger partial charge in [-0.25, -0.2) is 0 Å². The first kappa shape index (κ1) is 14.3. The number of halogens is 2. The number of carboxylic acids is 1. The number of rotatable bonds is 4. The topological polar surface area (TPSA) is 49.3 Å². The van der Waals surface area contributed by atoms with Gasteiger partial charge < -0.3 is 10.4 Å². The Kier molecular flexibility index (Phi) is 4.83. The summed E-state index contributed by atoms with van der Waals surface area (Å²) in [6, 6.07) is 3.53. The van der Waals surface area contributed by atoms with Crippen LogP contribution in [0, 0.1) is 12.8 Å². The number of hydrogen-bond acceptors (Lipinski definition) is 2. The van der Waals surface area contributed by atoms with Gasteiger partial charge >= 0.3 is 5.97 Å². The van der Waals surface area contributed by atoms with E-state index < -0.39 is 11.9 Å². The molecule has 0 radical (unpaired) electrons. The molecule has 0 aliphatic heterocycles. The van der Waals surface area contributed by atoms with E-state index in [9.17, 15) is 4.79 Å². The number of aryl methyl sites for hydroxylation is 1. The van der Waals surface area contributed by atoms with E-state index in [1.807, 2.05) is 19.9 Å². The first-order chi connectivity index (χ1) is 7.82. The highest BCUT2D eigenvalue weighted by Gasteiger charge is 2.19. The maximum Gasteiger partial charge on any atom is 0.308 e. The van der Waals surface area contributed by atoms with Crippen LogP contribution in [0.3, 0.4) is 0 Å². The third kappa shape index (κ3) is 3.61. The summed E-state index contributed by atoms with van der Waals surface area (Å²) in [5, 5.41) is 12.7. The number of carboxylic acid groups (broad SMARTS) is 1. The molecule has 0 fully saturated rings. The van der Waals surface area contributed by atoms with Crippen molar-refractivity contribution in [3.63, 3.8) is 0 Å². The second-order valence-electron chi connectivity index (χ2n) is 4.14. The van der Waals surface area contributed by atoms with Crippen LogP contribution in [-0.2, 0) is 4.79 Å². The summed E-state index contributed by atoms with van der Waals surface area (Å²) in [6.45, 7) is 5.42. The first-order valence-corrected chi connectivity index (χ1v) is 6.45. The summed E-state index contributed by atoms with van der Waals surface area (Å²) in [5.41, 5.74) is 1.78. The fourth-order valence-corrected chi connectivity index (χ4v) is 2.08. The van der Waals surface area contributed by atoms with E-state index in [0.29, 0.717) is 5.02 Å². The zero-order valence-corrected chi connectivity index (χ0v) is 12.3. The molecule has 94 valence electrons. The first-order valence-electron chi connectivity index (χ1n) is 5.28. The van der Waals surface area contributed by atoms with Gasteiger partial charge in [-0.05, 0) is 54.4 Å². The number of anilines is 1. The van der Waals surface area contributed by atoms with Gasteiger partial charge in [0.15, 0.2) is 0 Å². The standard InChI is InChI=1S/C12H15BrClNO2/c1-6-4-9(13)11(5-10(6)14)15-8(3)7(2)12(16)17/h4-5,7-8,15H,1-3H3,(H,16,17). The molecular formula is C12H15BrClNO2. The van der Waals surface area contributed by atoms with Crippen LogP contribution in [-0.4, -0.2) is 17.1 Å². The monoisotopic (exact) mass is 319 g/mol. The third-order valence-corrected chi connectivity index (χ3v) is 3.83. The second-order valence-corrected chi connectivity index (χ2v) is 5.40. The largest absolute Gasteiger partial charge is 0.481 e. The predicted octanol–water partition coefficient (Wildman–Crippen LogP) is 3.93. The van der Waals surface area contributed by atoms with Crippen molar-refractivity contribution in [2.45, 2.75) is 26.8 Å². The molecule has 2 N–H and O–H groups in total. The van der Waals surface area contributed by atoms with Crippen molar-refractivity contribution >= 4 is 39.2 Å². The van der Waals surface area contributed by atoms with Crippen molar-refractivity contribution in [3.8, 4) is 0 Å². The summed E-state index contributed by atoms with van der Waals surface area (Å²) in [4.78, 5) is 10.9. The lowest BCUT2D eigenvalue weighted by atomic mass is 10.0. The Labute approximate surface area is 114 Å². The summed E-state index contributed by atoms with van der Waals surface area (Å²) in [5.74, 6) is -1.29. The third-order valence-electron chi connectivity index (χ3n) is 2.77. The Morgan fingerprint density at radius 1 is 1.47 bits per heavy atom. The van der Waals surface area contributed by atoms with E-state index in [0.717, 1.165) is 15.7 Å². The summed E-state index contributed by atoms with van der Waals surface area (Å²) < 4.78 is 0.879. The van der Waals surface area contributed by atoms with Gasteiger partial charge in [-0.15, -0.1) is 0 Å². The van der Waals surface area contributed by atoms with Gasteiger partial charge in [-0.2, -0.15) is 0 Å². The van der Waals surface area contributed by atoms with Crippen LogP contribution in [0.5, 0.6) is 0 Å². The highest BCUT2D eigenvalue weighted by atomic mass is 79.9. The van der Waals surface area contributed by atoms with Gasteiger partial charge in [0.05, 0.1) is 11.6 Å². The van der Waals surface area contributed by atoms with Crippen molar-refractivity contribution < 1.29 is 9.90 Å². The smallest absolute Gasteiger partial charge is 0.308 e. The number of carbonyl (C=O) groups is 1. The van der Waals surface area contributed by atoms with Crippen molar-refractivity contribution in [1.29, 1.82) is 0 Å². The van der Waals surface area contributed by atoms with Gasteiger partial charge in [0.2, 0.25) is 0 Å². The molecule has 0 bridgehead atoms. The van der Waals surface area contributed by atoms with Crippen molar-refractivity contribution in [2.75, 3.05) is 5.32 Å². The van der Waals surface area contributed by atoms with E-state index in [4.69, 9.17) is 16.7 Å². The number of hydrogen-bond donors (Lipinski definition) is 2. The molecule has 17 heavy (non-hydrogen) atoms. The highest BCUT2D eigenvalue weighted by molar-refractivity contribution is 9.10. The molecule has 0 heterocycles. The SMILES string of the molecule is Cc1cc(Br)c(NC(C)C(C)C(=O)O)cc1Cl. The lowest BCUT2D eigenvalue weighted by Gasteiger charge is -2.20. The zero-order chi connectivity index (χ0) is 13.2. The summed E-state index contributed by atoms with van der Waals surface area (Å²) in [6.07, 6.45) is 0. The lowest BCUT2D eigenvalue weighted by molar-refractivity contribution is -0.141. The van der Waals surface area contributed by atoms with E-state index in [1.54, 1.807) is 13.0 Å². The summed E-state index contributed by atoms with van der Waals surface area (Å²) in [7, 11) is 0. The fourth-order valence-electron chi connectivity index (χ4n) is 1.34. The van der Waals surface area contributed by atoms with Crippen molar-refractivity contribution in [1.82, 2.24) is 0 Å². The molecule has 0 amide bonds. The molecule has 2 unspecified atom stereocenters. The molecule has 0 aliphatic rings. The van der Waals surface area contributed by atoms with Crippen molar-refractivity contribution in [3.05, 3.63) is 27.2 Å². The average molecular weight is 321 g/mol. The minimum absolute atomic E-state index is 0.178. The van der Waals surface area contributed by atoms with Crippen LogP contribution in [0.25, 0.3) is 0 Å². The van der Waals surface area contributed by atoms with Crippen LogP contribution >= 0.6 is 27.5 Å². The molecule has 0 aromatic heterocycles. The molecule has 3 nitrogen and oxygen atoms in total. The van der Waals surface area contributed by atoms with Crippen LogP contribution in [0.2, 0.25) is 5.02 Å². The van der Waals surface area contributed by atoms with E-state index in [2.05, 4.69) is 21.2 Å². The molecule has 1 aromatic carbocycles. The Balaban J connectivity index is 2.88. The molecule has 5 heteroatoms. The van der Waals surface area contributed by atoms with Crippen molar-refractivity contribution in [2.24, 2.45) is 5.92 Å². The second kappa shape index (κ2) is 5.74. The Bertz CT molecular complexity index is 437. The van der Waals surface area contributed by atoms with E-state index in [-0.39, 0.29) is 6.04 Å². The number of aliphatic carboxylic acids is 1. The van der Waals surface area contributed by atoms with Crippen LogP contribution in [0.1, 0.15) is 19.4 Å². The maximum atomic E-state index is 10.9. The average Bonchev–Trinajstić information content (AvgIpc) is 2.24. The molecule has 0 saturated carbocycles. The van der Waals surface area contributed by atoms with E-state index >= 15 is 0 Å². The predicted molar refractivity (Wildman–Crippen MR) is 73.8 cm³/mol. The van der Waals surface area contributed by atoms with Gasteiger partial charge in [-0.3, -0.25) is 4.79 Å². The van der Waals surface area contributed by atoms with Crippen LogP contribution in [0.15, 0.2) is 16.6 Å². The van der Waals surface area contributed by atoms with Gasteiger partial charge in [0.1, 0.15) is 0 Å². The molecule has 1 aromatic rings. The molecule has 0 spiro atoms. The number of nitrogens with one attached hydrogen (secondary N) is 1. The zero-order valence-electron chi connectivity index (χ0n) is 9.92. The van der Waals surface area contributed by atoms with Gasteiger partial charge in [0, 0.05) is 15.5 Å². The normalized spacial score (nSPS) is 14.2. The van der Waals surface area contributed by atoms with Crippen LogP contribution < -0.4 is 5.32 Å². The molecular weight excluding hydrogens is 305 g/mol. The molecule has 0 aliphatic carbocycles. The minimum atomic E-state index is -0.820. The van der Waals surface area contributed by atoms with Crippen LogP contribution in [0.4, 0.5) is 5.69 Å². The molecule has 1 rings (SSSR count). The molecule has 2 atom stereocenters. The Morgan fingerprint density at radius 3 is 2.59 bits per heavy atom. The summed E-state index contributed by atoms with van der Waals surface area (Å²) >= 11 is 9.46. The van der Waals surface area contributed by atoms with E-state index in [1.165, 1.54) is 0 Å². The highest BCUT2D eigenvalue weighted by Crippen LogP contribution is 2.30. The Morgan fingerprint density at radius 2 is 2.06 bits per heavy atom.